The summed E-state index contributed by atoms with van der Waals surface area (Å²) >= 11 is 5.69. The van der Waals surface area contributed by atoms with Gasteiger partial charge in [-0.15, -0.1) is 0 Å². The van der Waals surface area contributed by atoms with Crippen molar-refractivity contribution in [1.29, 1.82) is 0 Å². The SMILES string of the molecule is COc1cc2c(cc1OC)C(Cc1cc(OC)c(OC)c(OC)c1)N(CCCOC(=O)C(Cl)=CC(=O)O)CC2. The van der Waals surface area contributed by atoms with Gasteiger partial charge in [0.2, 0.25) is 5.75 Å². The summed E-state index contributed by atoms with van der Waals surface area (Å²) in [5.41, 5.74) is 3.26. The first-order valence-electron chi connectivity index (χ1n) is 12.3. The van der Waals surface area contributed by atoms with E-state index in [1.807, 2.05) is 24.3 Å². The number of aliphatic carboxylic acids is 1. The fourth-order valence-electron chi connectivity index (χ4n) is 4.73. The molecule has 1 unspecified atom stereocenters. The van der Waals surface area contributed by atoms with Crippen LogP contribution in [0.1, 0.15) is 29.2 Å². The van der Waals surface area contributed by atoms with Crippen LogP contribution in [0.15, 0.2) is 35.4 Å². The number of rotatable bonds is 13. The normalized spacial score (nSPS) is 15.2. The maximum atomic E-state index is 11.9. The predicted octanol–water partition coefficient (Wildman–Crippen LogP) is 4.01. The number of halogens is 1. The van der Waals surface area contributed by atoms with E-state index in [0.717, 1.165) is 24.1 Å². The molecule has 0 fully saturated rings. The smallest absolute Gasteiger partial charge is 0.350 e. The molecule has 0 saturated heterocycles. The van der Waals surface area contributed by atoms with Gasteiger partial charge in [-0.05, 0) is 60.2 Å². The molecule has 10 nitrogen and oxygen atoms in total. The lowest BCUT2D eigenvalue weighted by atomic mass is 9.88. The molecular formula is C28H34ClNO9. The van der Waals surface area contributed by atoms with Crippen LogP contribution in [0, 0.1) is 0 Å². The first-order chi connectivity index (χ1) is 18.8. The number of methoxy groups -OCH3 is 5. The fraction of sp³-hybridized carbons (Fsp3) is 0.429. The molecule has 1 aliphatic rings. The van der Waals surface area contributed by atoms with Crippen molar-refractivity contribution >= 4 is 23.5 Å². The van der Waals surface area contributed by atoms with Crippen molar-refractivity contribution in [1.82, 2.24) is 4.90 Å². The molecular weight excluding hydrogens is 530 g/mol. The molecule has 3 rings (SSSR count). The highest BCUT2D eigenvalue weighted by atomic mass is 35.5. The Morgan fingerprint density at radius 3 is 2.13 bits per heavy atom. The van der Waals surface area contributed by atoms with Crippen LogP contribution >= 0.6 is 11.6 Å². The summed E-state index contributed by atoms with van der Waals surface area (Å²) in [7, 11) is 7.96. The lowest BCUT2D eigenvalue weighted by Gasteiger charge is -2.38. The van der Waals surface area contributed by atoms with Gasteiger partial charge in [0.1, 0.15) is 5.03 Å². The number of hydrogen-bond donors (Lipinski definition) is 1. The molecule has 0 saturated carbocycles. The van der Waals surface area contributed by atoms with E-state index in [1.165, 1.54) is 5.56 Å². The number of fused-ring (bicyclic) bond motifs is 1. The van der Waals surface area contributed by atoms with Crippen LogP contribution in [-0.2, 0) is 27.2 Å². The second kappa shape index (κ2) is 14.0. The first-order valence-corrected chi connectivity index (χ1v) is 12.7. The third-order valence-electron chi connectivity index (χ3n) is 6.54. The van der Waals surface area contributed by atoms with Gasteiger partial charge in [-0.25, -0.2) is 9.59 Å². The highest BCUT2D eigenvalue weighted by molar-refractivity contribution is 6.42. The molecule has 2 aromatic rings. The second-order valence-electron chi connectivity index (χ2n) is 8.77. The Hall–Kier alpha value is -3.63. The zero-order valence-electron chi connectivity index (χ0n) is 22.7. The van der Waals surface area contributed by atoms with Gasteiger partial charge in [0, 0.05) is 25.2 Å². The van der Waals surface area contributed by atoms with Crippen molar-refractivity contribution < 1.29 is 43.1 Å². The average molecular weight is 564 g/mol. The van der Waals surface area contributed by atoms with Crippen LogP contribution < -0.4 is 23.7 Å². The average Bonchev–Trinajstić information content (AvgIpc) is 2.94. The summed E-state index contributed by atoms with van der Waals surface area (Å²) in [6, 6.07) is 7.87. The van der Waals surface area contributed by atoms with Gasteiger partial charge in [-0.1, -0.05) is 11.6 Å². The van der Waals surface area contributed by atoms with E-state index in [0.29, 0.717) is 54.2 Å². The molecule has 212 valence electrons. The molecule has 2 aromatic carbocycles. The van der Waals surface area contributed by atoms with Crippen LogP contribution in [0.2, 0.25) is 0 Å². The Morgan fingerprint density at radius 1 is 0.949 bits per heavy atom. The monoisotopic (exact) mass is 563 g/mol. The van der Waals surface area contributed by atoms with Crippen LogP contribution in [0.3, 0.4) is 0 Å². The number of carboxylic acids is 1. The number of hydrogen-bond acceptors (Lipinski definition) is 9. The number of esters is 1. The molecule has 0 radical (unpaired) electrons. The van der Waals surface area contributed by atoms with Crippen LogP contribution in [0.4, 0.5) is 0 Å². The quantitative estimate of drug-likeness (QED) is 0.218. The maximum absolute atomic E-state index is 11.9. The van der Waals surface area contributed by atoms with E-state index >= 15 is 0 Å². The van der Waals surface area contributed by atoms with Crippen molar-refractivity contribution in [3.63, 3.8) is 0 Å². The molecule has 1 heterocycles. The molecule has 0 amide bonds. The van der Waals surface area contributed by atoms with E-state index in [1.54, 1.807) is 35.5 Å². The number of carboxylic acid groups (broad SMARTS) is 1. The number of carbonyl (C=O) groups is 2. The zero-order valence-corrected chi connectivity index (χ0v) is 23.5. The van der Waals surface area contributed by atoms with Gasteiger partial charge in [-0.3, -0.25) is 4.90 Å². The summed E-state index contributed by atoms with van der Waals surface area (Å²) in [5.74, 6) is 0.795. The number of carbonyl (C=O) groups excluding carboxylic acids is 1. The topological polar surface area (TPSA) is 113 Å². The highest BCUT2D eigenvalue weighted by Crippen LogP contribution is 2.42. The third kappa shape index (κ3) is 7.27. The van der Waals surface area contributed by atoms with Gasteiger partial charge in [-0.2, -0.15) is 0 Å². The lowest BCUT2D eigenvalue weighted by molar-refractivity contribution is -0.139. The van der Waals surface area contributed by atoms with Crippen LogP contribution in [0.25, 0.3) is 0 Å². The second-order valence-corrected chi connectivity index (χ2v) is 9.17. The summed E-state index contributed by atoms with van der Waals surface area (Å²) in [4.78, 5) is 25.0. The van der Waals surface area contributed by atoms with Gasteiger partial charge < -0.3 is 33.5 Å². The van der Waals surface area contributed by atoms with Gasteiger partial charge >= 0.3 is 11.9 Å². The predicted molar refractivity (Wildman–Crippen MR) is 145 cm³/mol. The van der Waals surface area contributed by atoms with Crippen molar-refractivity contribution in [3.05, 3.63) is 52.1 Å². The zero-order chi connectivity index (χ0) is 28.5. The Morgan fingerprint density at radius 2 is 1.56 bits per heavy atom. The molecule has 0 spiro atoms. The van der Waals surface area contributed by atoms with Crippen molar-refractivity contribution in [3.8, 4) is 28.7 Å². The van der Waals surface area contributed by atoms with Gasteiger partial charge in [0.05, 0.1) is 42.2 Å². The number of ether oxygens (including phenoxy) is 6. The summed E-state index contributed by atoms with van der Waals surface area (Å²) in [6.07, 6.45) is 2.57. The summed E-state index contributed by atoms with van der Waals surface area (Å²) < 4.78 is 32.9. The van der Waals surface area contributed by atoms with E-state index in [2.05, 4.69) is 4.90 Å². The molecule has 1 N–H and O–H groups in total. The van der Waals surface area contributed by atoms with Gasteiger partial charge in [0.15, 0.2) is 23.0 Å². The minimum absolute atomic E-state index is 0.0393. The Balaban J connectivity index is 1.88. The van der Waals surface area contributed by atoms with Crippen molar-refractivity contribution in [2.24, 2.45) is 0 Å². The molecule has 0 aromatic heterocycles. The van der Waals surface area contributed by atoms with E-state index in [9.17, 15) is 9.59 Å². The fourth-order valence-corrected chi connectivity index (χ4v) is 4.88. The molecule has 39 heavy (non-hydrogen) atoms. The highest BCUT2D eigenvalue weighted by Gasteiger charge is 2.30. The Kier molecular flexibility index (Phi) is 10.7. The summed E-state index contributed by atoms with van der Waals surface area (Å²) in [5, 5.41) is 8.28. The minimum atomic E-state index is -1.31. The van der Waals surface area contributed by atoms with Crippen LogP contribution in [0.5, 0.6) is 28.7 Å². The largest absolute Gasteiger partial charge is 0.493 e. The van der Waals surface area contributed by atoms with E-state index < -0.39 is 17.0 Å². The van der Waals surface area contributed by atoms with Crippen molar-refractivity contribution in [2.45, 2.75) is 25.3 Å². The summed E-state index contributed by atoms with van der Waals surface area (Å²) in [6.45, 7) is 1.48. The molecule has 1 aliphatic heterocycles. The first kappa shape index (κ1) is 29.9. The van der Waals surface area contributed by atoms with E-state index in [-0.39, 0.29) is 12.6 Å². The lowest BCUT2D eigenvalue weighted by Crippen LogP contribution is -2.37. The maximum Gasteiger partial charge on any atom is 0.350 e. The Bertz CT molecular complexity index is 1190. The molecule has 1 atom stereocenters. The van der Waals surface area contributed by atoms with E-state index in [4.69, 9.17) is 45.1 Å². The van der Waals surface area contributed by atoms with Crippen molar-refractivity contribution in [2.75, 3.05) is 55.2 Å². The van der Waals surface area contributed by atoms with Crippen LogP contribution in [-0.4, -0.2) is 77.2 Å². The number of benzene rings is 2. The molecule has 11 heteroatoms. The third-order valence-corrected chi connectivity index (χ3v) is 6.80. The minimum Gasteiger partial charge on any atom is -0.493 e. The number of nitrogens with zero attached hydrogens (tertiary/aromatic N) is 1. The molecule has 0 bridgehead atoms. The van der Waals surface area contributed by atoms with Gasteiger partial charge in [0.25, 0.3) is 0 Å². The Labute approximate surface area is 232 Å². The molecule has 0 aliphatic carbocycles. The standard InChI is InChI=1S/C28H34ClNO9/c1-34-22-14-18-7-9-30(8-6-10-39-28(33)20(29)16-26(31)32)21(19(18)15-23(22)35-2)11-17-12-24(36-3)27(38-5)25(13-17)37-4/h12-16,21H,6-11H2,1-5H3,(H,31,32).